The van der Waals surface area contributed by atoms with E-state index in [1.165, 1.54) is 4.88 Å². The number of rotatable bonds is 8. The Balaban J connectivity index is 1.53. The molecule has 4 aromatic rings. The van der Waals surface area contributed by atoms with Crippen LogP contribution in [0.3, 0.4) is 0 Å². The molecule has 0 unspecified atom stereocenters. The quantitative estimate of drug-likeness (QED) is 0.400. The monoisotopic (exact) mass is 415 g/mol. The maximum Gasteiger partial charge on any atom is 0.225 e. The fourth-order valence-electron chi connectivity index (χ4n) is 3.27. The van der Waals surface area contributed by atoms with Crippen molar-refractivity contribution in [3.05, 3.63) is 88.3 Å². The normalized spacial score (nSPS) is 10.9. The van der Waals surface area contributed by atoms with Gasteiger partial charge in [0.1, 0.15) is 0 Å². The van der Waals surface area contributed by atoms with Gasteiger partial charge in [0.2, 0.25) is 5.95 Å². The molecule has 0 N–H and O–H groups in total. The fraction of sp³-hybridized carbons (Fsp3) is 0.250. The van der Waals surface area contributed by atoms with Gasteiger partial charge in [-0.15, -0.1) is 11.3 Å². The molecule has 0 aliphatic carbocycles. The highest BCUT2D eigenvalue weighted by molar-refractivity contribution is 7.09. The molecule has 30 heavy (non-hydrogen) atoms. The number of hydrogen-bond donors (Lipinski definition) is 0. The van der Waals surface area contributed by atoms with E-state index in [2.05, 4.69) is 62.9 Å². The Labute approximate surface area is 181 Å². The van der Waals surface area contributed by atoms with Gasteiger partial charge in [0.05, 0.1) is 16.9 Å². The highest BCUT2D eigenvalue weighted by Gasteiger charge is 2.13. The summed E-state index contributed by atoms with van der Waals surface area (Å²) in [6, 6.07) is 14.4. The van der Waals surface area contributed by atoms with Crippen LogP contribution in [0.1, 0.15) is 28.6 Å². The van der Waals surface area contributed by atoms with Crippen molar-refractivity contribution in [3.63, 3.8) is 0 Å². The van der Waals surface area contributed by atoms with Gasteiger partial charge in [-0.1, -0.05) is 43.3 Å². The van der Waals surface area contributed by atoms with E-state index in [0.717, 1.165) is 53.4 Å². The van der Waals surface area contributed by atoms with Crippen LogP contribution in [0, 0.1) is 6.92 Å². The maximum absolute atomic E-state index is 4.67. The summed E-state index contributed by atoms with van der Waals surface area (Å²) in [7, 11) is 0. The Hall–Kier alpha value is -3.12. The topological polar surface area (TPSA) is 54.8 Å². The van der Waals surface area contributed by atoms with Crippen LogP contribution >= 0.6 is 11.3 Å². The van der Waals surface area contributed by atoms with Gasteiger partial charge in [0.25, 0.3) is 0 Å². The number of aromatic nitrogens is 4. The first-order valence-corrected chi connectivity index (χ1v) is 11.1. The van der Waals surface area contributed by atoms with Gasteiger partial charge in [-0.2, -0.15) is 0 Å². The van der Waals surface area contributed by atoms with E-state index in [0.29, 0.717) is 6.54 Å². The third-order valence-electron chi connectivity index (χ3n) is 5.11. The van der Waals surface area contributed by atoms with Crippen molar-refractivity contribution >= 4 is 17.3 Å². The molecule has 0 saturated heterocycles. The minimum Gasteiger partial charge on any atom is -0.336 e. The second-order valence-corrected chi connectivity index (χ2v) is 8.25. The lowest BCUT2D eigenvalue weighted by atomic mass is 10.1. The molecule has 0 bridgehead atoms. The van der Waals surface area contributed by atoms with Crippen LogP contribution in [0.4, 0.5) is 5.95 Å². The number of benzene rings is 1. The Bertz CT molecular complexity index is 1060. The van der Waals surface area contributed by atoms with Gasteiger partial charge in [-0.05, 0) is 30.5 Å². The Kier molecular flexibility index (Phi) is 6.44. The number of aryl methyl sites for hydroxylation is 2. The van der Waals surface area contributed by atoms with Gasteiger partial charge in [0, 0.05) is 48.5 Å². The number of hydrogen-bond acceptors (Lipinski definition) is 6. The standard InChI is InChI=1S/C24H25N5S/c1-3-19-13-26-24(27-14-19)29(12-11-22-18(2)30-17-28-22)16-20-9-10-23(25-15-20)21-7-5-4-6-8-21/h4-10,13-15,17H,3,11-12,16H2,1-2H3. The molecule has 0 spiro atoms. The zero-order valence-corrected chi connectivity index (χ0v) is 18.1. The third-order valence-corrected chi connectivity index (χ3v) is 5.91. The summed E-state index contributed by atoms with van der Waals surface area (Å²) in [5, 5.41) is 0. The summed E-state index contributed by atoms with van der Waals surface area (Å²) < 4.78 is 0. The smallest absolute Gasteiger partial charge is 0.225 e. The molecule has 3 aromatic heterocycles. The molecule has 0 atom stereocenters. The predicted molar refractivity (Wildman–Crippen MR) is 123 cm³/mol. The Morgan fingerprint density at radius 1 is 0.867 bits per heavy atom. The van der Waals surface area contributed by atoms with Crippen molar-refractivity contribution in [1.82, 2.24) is 19.9 Å². The number of anilines is 1. The van der Waals surface area contributed by atoms with Crippen LogP contribution in [0.25, 0.3) is 11.3 Å². The molecule has 0 saturated carbocycles. The van der Waals surface area contributed by atoms with E-state index < -0.39 is 0 Å². The molecule has 0 aliphatic rings. The minimum atomic E-state index is 0.705. The lowest BCUT2D eigenvalue weighted by molar-refractivity contribution is 0.739. The van der Waals surface area contributed by atoms with Crippen LogP contribution in [0.15, 0.2) is 66.6 Å². The third kappa shape index (κ3) is 4.89. The molecule has 0 radical (unpaired) electrons. The average Bonchev–Trinajstić information content (AvgIpc) is 3.22. The number of nitrogens with zero attached hydrogens (tertiary/aromatic N) is 5. The van der Waals surface area contributed by atoms with Gasteiger partial charge < -0.3 is 4.90 Å². The van der Waals surface area contributed by atoms with Crippen molar-refractivity contribution in [2.45, 2.75) is 33.2 Å². The van der Waals surface area contributed by atoms with Gasteiger partial charge in [-0.25, -0.2) is 15.0 Å². The first kappa shape index (κ1) is 20.2. The lowest BCUT2D eigenvalue weighted by Crippen LogP contribution is -2.27. The first-order valence-electron chi connectivity index (χ1n) is 10.2. The van der Waals surface area contributed by atoms with E-state index in [1.54, 1.807) is 11.3 Å². The molecule has 0 aliphatic heterocycles. The highest BCUT2D eigenvalue weighted by atomic mass is 32.1. The summed E-state index contributed by atoms with van der Waals surface area (Å²) in [5.41, 5.74) is 7.43. The van der Waals surface area contributed by atoms with Crippen LogP contribution in [-0.4, -0.2) is 26.5 Å². The SMILES string of the molecule is CCc1cnc(N(CCc2ncsc2C)Cc2ccc(-c3ccccc3)nc2)nc1. The van der Waals surface area contributed by atoms with Crippen molar-refractivity contribution in [1.29, 1.82) is 0 Å². The average molecular weight is 416 g/mol. The minimum absolute atomic E-state index is 0.705. The predicted octanol–water partition coefficient (Wildman–Crippen LogP) is 5.12. The Morgan fingerprint density at radius 2 is 1.63 bits per heavy atom. The van der Waals surface area contributed by atoms with E-state index in [9.17, 15) is 0 Å². The summed E-state index contributed by atoms with van der Waals surface area (Å²) in [6.45, 7) is 5.74. The van der Waals surface area contributed by atoms with E-state index in [-0.39, 0.29) is 0 Å². The largest absolute Gasteiger partial charge is 0.336 e. The molecule has 0 amide bonds. The molecule has 4 rings (SSSR count). The van der Waals surface area contributed by atoms with Crippen LogP contribution in [0.2, 0.25) is 0 Å². The van der Waals surface area contributed by atoms with Gasteiger partial charge in [-0.3, -0.25) is 4.98 Å². The van der Waals surface area contributed by atoms with E-state index in [1.807, 2.05) is 42.3 Å². The summed E-state index contributed by atoms with van der Waals surface area (Å²) in [6.07, 6.45) is 7.58. The van der Waals surface area contributed by atoms with Crippen LogP contribution in [0.5, 0.6) is 0 Å². The molecule has 152 valence electrons. The lowest BCUT2D eigenvalue weighted by Gasteiger charge is -2.22. The summed E-state index contributed by atoms with van der Waals surface area (Å²) in [5.74, 6) is 0.743. The fourth-order valence-corrected chi connectivity index (χ4v) is 3.90. The van der Waals surface area contributed by atoms with Gasteiger partial charge in [0.15, 0.2) is 0 Å². The van der Waals surface area contributed by atoms with Crippen molar-refractivity contribution in [2.24, 2.45) is 0 Å². The molecular formula is C24H25N5S. The molecular weight excluding hydrogens is 390 g/mol. The van der Waals surface area contributed by atoms with Crippen molar-refractivity contribution in [3.8, 4) is 11.3 Å². The van der Waals surface area contributed by atoms with E-state index >= 15 is 0 Å². The van der Waals surface area contributed by atoms with Crippen LogP contribution in [-0.2, 0) is 19.4 Å². The van der Waals surface area contributed by atoms with Crippen LogP contribution < -0.4 is 4.90 Å². The Morgan fingerprint density at radius 3 is 2.27 bits per heavy atom. The summed E-state index contributed by atoms with van der Waals surface area (Å²) in [4.78, 5) is 21.9. The molecule has 6 heteroatoms. The highest BCUT2D eigenvalue weighted by Crippen LogP contribution is 2.19. The second kappa shape index (κ2) is 9.59. The molecule has 5 nitrogen and oxygen atoms in total. The summed E-state index contributed by atoms with van der Waals surface area (Å²) >= 11 is 1.69. The zero-order valence-electron chi connectivity index (χ0n) is 17.3. The molecule has 1 aromatic carbocycles. The molecule has 0 fully saturated rings. The first-order chi connectivity index (χ1) is 14.7. The maximum atomic E-state index is 4.67. The molecule has 3 heterocycles. The van der Waals surface area contributed by atoms with Crippen molar-refractivity contribution < 1.29 is 0 Å². The van der Waals surface area contributed by atoms with Crippen molar-refractivity contribution in [2.75, 3.05) is 11.4 Å². The van der Waals surface area contributed by atoms with Gasteiger partial charge >= 0.3 is 0 Å². The number of pyridine rings is 1. The zero-order chi connectivity index (χ0) is 20.8. The van der Waals surface area contributed by atoms with E-state index in [4.69, 9.17) is 0 Å². The second-order valence-electron chi connectivity index (χ2n) is 7.19. The number of thiazole rings is 1.